The van der Waals surface area contributed by atoms with E-state index in [2.05, 4.69) is 34.3 Å². The Hall–Kier alpha value is -2.52. The fourth-order valence-corrected chi connectivity index (χ4v) is 3.73. The summed E-state index contributed by atoms with van der Waals surface area (Å²) in [6, 6.07) is 7.53. The van der Waals surface area contributed by atoms with Gasteiger partial charge in [-0.1, -0.05) is 43.0 Å². The van der Waals surface area contributed by atoms with Gasteiger partial charge in [0.15, 0.2) is 11.6 Å². The van der Waals surface area contributed by atoms with Crippen LogP contribution in [0.2, 0.25) is 0 Å². The van der Waals surface area contributed by atoms with Crippen LogP contribution in [0.1, 0.15) is 41.6 Å². The first kappa shape index (κ1) is 19.2. The summed E-state index contributed by atoms with van der Waals surface area (Å²) in [5, 5.41) is 0. The van der Waals surface area contributed by atoms with Crippen molar-refractivity contribution in [3.8, 4) is 0 Å². The number of quaternary nitrogens is 1. The SMILES string of the molecule is C=C(CCC[N+](C)(C)C)CC(=O)C1=CC2=C(C1)C(=O)c1ccccc1C2=C. The maximum Gasteiger partial charge on any atom is 0.190 e. The van der Waals surface area contributed by atoms with Crippen molar-refractivity contribution in [3.63, 3.8) is 0 Å². The second-order valence-electron chi connectivity index (χ2n) is 8.56. The Balaban J connectivity index is 1.65. The van der Waals surface area contributed by atoms with Gasteiger partial charge >= 0.3 is 0 Å². The summed E-state index contributed by atoms with van der Waals surface area (Å²) in [6.07, 6.45) is 4.52. The van der Waals surface area contributed by atoms with Gasteiger partial charge in [-0.2, -0.15) is 0 Å². The smallest absolute Gasteiger partial charge is 0.190 e. The van der Waals surface area contributed by atoms with Gasteiger partial charge in [0.1, 0.15) is 0 Å². The molecule has 0 heterocycles. The summed E-state index contributed by atoms with van der Waals surface area (Å²) in [4.78, 5) is 25.6. The van der Waals surface area contributed by atoms with Gasteiger partial charge in [-0.25, -0.2) is 0 Å². The number of nitrogens with zero attached hydrogens (tertiary/aromatic N) is 1. The molecule has 0 fully saturated rings. The second-order valence-corrected chi connectivity index (χ2v) is 8.56. The van der Waals surface area contributed by atoms with E-state index < -0.39 is 0 Å². The number of benzene rings is 1. The fraction of sp³-hybridized carbons (Fsp3) is 0.333. The summed E-state index contributed by atoms with van der Waals surface area (Å²) in [7, 11) is 6.49. The summed E-state index contributed by atoms with van der Waals surface area (Å²) < 4.78 is 0.911. The lowest BCUT2D eigenvalue weighted by Gasteiger charge is -2.23. The van der Waals surface area contributed by atoms with Crippen molar-refractivity contribution in [1.29, 1.82) is 0 Å². The summed E-state index contributed by atoms with van der Waals surface area (Å²) in [5.41, 5.74) is 5.60. The van der Waals surface area contributed by atoms with Crippen LogP contribution in [-0.4, -0.2) is 43.7 Å². The molecule has 0 amide bonds. The molecule has 0 spiro atoms. The van der Waals surface area contributed by atoms with Crippen molar-refractivity contribution in [3.05, 3.63) is 76.9 Å². The van der Waals surface area contributed by atoms with E-state index in [9.17, 15) is 9.59 Å². The number of hydrogen-bond acceptors (Lipinski definition) is 2. The second kappa shape index (κ2) is 7.24. The molecule has 27 heavy (non-hydrogen) atoms. The predicted octanol–water partition coefficient (Wildman–Crippen LogP) is 4.52. The largest absolute Gasteiger partial charge is 0.331 e. The molecule has 0 aliphatic heterocycles. The molecule has 140 valence electrons. The monoisotopic (exact) mass is 362 g/mol. The lowest BCUT2D eigenvalue weighted by Crippen LogP contribution is -2.35. The average Bonchev–Trinajstić information content (AvgIpc) is 3.04. The van der Waals surface area contributed by atoms with Crippen LogP contribution in [0, 0.1) is 0 Å². The minimum atomic E-state index is 0.0221. The summed E-state index contributed by atoms with van der Waals surface area (Å²) >= 11 is 0. The van der Waals surface area contributed by atoms with Crippen LogP contribution in [0.5, 0.6) is 0 Å². The highest BCUT2D eigenvalue weighted by Gasteiger charge is 2.32. The molecule has 2 aliphatic carbocycles. The first-order chi connectivity index (χ1) is 12.7. The molecule has 2 aliphatic rings. The van der Waals surface area contributed by atoms with Crippen LogP contribution in [0.25, 0.3) is 5.57 Å². The number of carbonyl (C=O) groups excluding carboxylic acids is 2. The van der Waals surface area contributed by atoms with E-state index in [1.54, 1.807) is 0 Å². The number of allylic oxidation sites excluding steroid dienone is 6. The molecule has 3 nitrogen and oxygen atoms in total. The molecular weight excluding hydrogens is 334 g/mol. The van der Waals surface area contributed by atoms with E-state index in [1.165, 1.54) is 0 Å². The molecule has 0 saturated carbocycles. The van der Waals surface area contributed by atoms with Crippen LogP contribution in [0.4, 0.5) is 0 Å². The summed E-state index contributed by atoms with van der Waals surface area (Å²) in [6.45, 7) is 9.31. The Bertz CT molecular complexity index is 907. The van der Waals surface area contributed by atoms with Crippen LogP contribution < -0.4 is 0 Å². The van der Waals surface area contributed by atoms with Gasteiger partial charge in [0.2, 0.25) is 0 Å². The molecular formula is C24H28NO2+. The van der Waals surface area contributed by atoms with Gasteiger partial charge < -0.3 is 4.48 Å². The number of hydrogen-bond donors (Lipinski definition) is 0. The third-order valence-corrected chi connectivity index (χ3v) is 5.23. The quantitative estimate of drug-likeness (QED) is 0.528. The van der Waals surface area contributed by atoms with Gasteiger partial charge in [-0.05, 0) is 29.2 Å². The maximum absolute atomic E-state index is 12.8. The Morgan fingerprint density at radius 3 is 2.48 bits per heavy atom. The first-order valence-corrected chi connectivity index (χ1v) is 9.45. The lowest BCUT2D eigenvalue weighted by atomic mass is 9.83. The van der Waals surface area contributed by atoms with Crippen molar-refractivity contribution >= 4 is 17.1 Å². The average molecular weight is 362 g/mol. The van der Waals surface area contributed by atoms with Crippen LogP contribution in [0.3, 0.4) is 0 Å². The molecule has 1 aromatic carbocycles. The summed E-state index contributed by atoms with van der Waals surface area (Å²) in [5.74, 6) is 0.0955. The maximum atomic E-state index is 12.8. The Morgan fingerprint density at radius 2 is 1.81 bits per heavy atom. The third-order valence-electron chi connectivity index (χ3n) is 5.23. The highest BCUT2D eigenvalue weighted by Crippen LogP contribution is 2.42. The highest BCUT2D eigenvalue weighted by atomic mass is 16.1. The first-order valence-electron chi connectivity index (χ1n) is 9.45. The standard InChI is InChI=1S/C24H28NO2/c1-16(9-8-12-25(3,4)5)13-23(26)18-14-21-17(2)19-10-6-7-11-20(19)24(27)22(21)15-18/h6-7,10-11,14H,1-2,8-9,12-13,15H2,3-5H3/q+1. The minimum absolute atomic E-state index is 0.0221. The molecule has 0 N–H and O–H groups in total. The molecule has 3 heteroatoms. The predicted molar refractivity (Wildman–Crippen MR) is 110 cm³/mol. The van der Waals surface area contributed by atoms with Gasteiger partial charge in [0.05, 0.1) is 27.7 Å². The molecule has 3 rings (SSSR count). The zero-order valence-electron chi connectivity index (χ0n) is 16.6. The van der Waals surface area contributed by atoms with Crippen molar-refractivity contribution in [2.45, 2.75) is 25.7 Å². The third kappa shape index (κ3) is 4.09. The van der Waals surface area contributed by atoms with E-state index >= 15 is 0 Å². The van der Waals surface area contributed by atoms with E-state index in [1.807, 2.05) is 30.3 Å². The van der Waals surface area contributed by atoms with Crippen molar-refractivity contribution in [2.75, 3.05) is 27.7 Å². The Morgan fingerprint density at radius 1 is 1.15 bits per heavy atom. The minimum Gasteiger partial charge on any atom is -0.331 e. The van der Waals surface area contributed by atoms with Gasteiger partial charge in [0.25, 0.3) is 0 Å². The molecule has 1 aromatic rings. The topological polar surface area (TPSA) is 34.1 Å². The fourth-order valence-electron chi connectivity index (χ4n) is 3.73. The number of Topliss-reactive ketones (excluding diaryl/α,β-unsaturated/α-hetero) is 2. The molecule has 0 saturated heterocycles. The molecule has 0 radical (unpaired) electrons. The number of carbonyl (C=O) groups is 2. The van der Waals surface area contributed by atoms with E-state index in [4.69, 9.17) is 0 Å². The van der Waals surface area contributed by atoms with E-state index in [-0.39, 0.29) is 11.6 Å². The van der Waals surface area contributed by atoms with Gasteiger partial charge in [-0.3, -0.25) is 9.59 Å². The van der Waals surface area contributed by atoms with Crippen molar-refractivity contribution < 1.29 is 14.1 Å². The van der Waals surface area contributed by atoms with Crippen LogP contribution in [-0.2, 0) is 4.79 Å². The van der Waals surface area contributed by atoms with Gasteiger partial charge in [0, 0.05) is 36.0 Å². The highest BCUT2D eigenvalue weighted by molar-refractivity contribution is 6.20. The van der Waals surface area contributed by atoms with Gasteiger partial charge in [-0.15, -0.1) is 0 Å². The number of fused-ring (bicyclic) bond motifs is 1. The zero-order chi connectivity index (χ0) is 19.8. The zero-order valence-corrected chi connectivity index (χ0v) is 16.6. The lowest BCUT2D eigenvalue weighted by molar-refractivity contribution is -0.870. The van der Waals surface area contributed by atoms with E-state index in [0.29, 0.717) is 29.6 Å². The van der Waals surface area contributed by atoms with Crippen LogP contribution in [0.15, 0.2) is 65.8 Å². The molecule has 0 aromatic heterocycles. The van der Waals surface area contributed by atoms with E-state index in [0.717, 1.165) is 46.2 Å². The Labute approximate surface area is 162 Å². The normalized spacial score (nSPS) is 16.2. The van der Waals surface area contributed by atoms with Crippen molar-refractivity contribution in [2.24, 2.45) is 0 Å². The number of ketones is 2. The Kier molecular flexibility index (Phi) is 5.16. The molecule has 0 unspecified atom stereocenters. The van der Waals surface area contributed by atoms with Crippen LogP contribution >= 0.6 is 0 Å². The van der Waals surface area contributed by atoms with Crippen molar-refractivity contribution in [1.82, 2.24) is 0 Å². The molecule has 0 atom stereocenters. The number of rotatable bonds is 7. The molecule has 0 bridgehead atoms.